The summed E-state index contributed by atoms with van der Waals surface area (Å²) in [4.78, 5) is 20.3. The number of halogens is 3. The first-order chi connectivity index (χ1) is 13.8. The van der Waals surface area contributed by atoms with Gasteiger partial charge in [-0.1, -0.05) is 12.1 Å². The summed E-state index contributed by atoms with van der Waals surface area (Å²) in [5.41, 5.74) is -1.87. The number of hydrogen-bond donors (Lipinski definition) is 1. The zero-order valence-corrected chi connectivity index (χ0v) is 15.8. The van der Waals surface area contributed by atoms with Crippen molar-refractivity contribution in [1.29, 1.82) is 0 Å². The summed E-state index contributed by atoms with van der Waals surface area (Å²) < 4.78 is 49.8. The van der Waals surface area contributed by atoms with E-state index in [1.54, 1.807) is 4.90 Å². The first-order valence-electron chi connectivity index (χ1n) is 8.45. The van der Waals surface area contributed by atoms with Gasteiger partial charge in [-0.15, -0.1) is 0 Å². The number of nitrogens with zero attached hydrogens (tertiary/aromatic N) is 4. The number of nitro groups is 1. The number of para-hydroxylation sites is 1. The second-order valence-electron chi connectivity index (χ2n) is 5.79. The number of benzene rings is 1. The molecule has 12 heteroatoms. The van der Waals surface area contributed by atoms with Gasteiger partial charge in [0.05, 0.1) is 29.4 Å². The highest BCUT2D eigenvalue weighted by Crippen LogP contribution is 2.38. The fraction of sp³-hybridized carbons (Fsp3) is 0.412. The highest BCUT2D eigenvalue weighted by Gasteiger charge is 2.34. The Kier molecular flexibility index (Phi) is 7.67. The molecule has 0 saturated carbocycles. The molecule has 0 aliphatic heterocycles. The number of ether oxygens (including phenoxy) is 2. The Morgan fingerprint density at radius 1 is 1.14 bits per heavy atom. The van der Waals surface area contributed by atoms with Crippen LogP contribution >= 0.6 is 0 Å². The highest BCUT2D eigenvalue weighted by atomic mass is 19.4. The van der Waals surface area contributed by atoms with Crippen LogP contribution in [0.5, 0.6) is 0 Å². The minimum atomic E-state index is -4.64. The number of nitrogens with one attached hydrogen (secondary N) is 1. The zero-order valence-electron chi connectivity index (χ0n) is 15.8. The Morgan fingerprint density at radius 3 is 2.31 bits per heavy atom. The molecule has 1 aromatic carbocycles. The lowest BCUT2D eigenvalue weighted by molar-refractivity contribution is -0.383. The topological polar surface area (TPSA) is 103 Å². The van der Waals surface area contributed by atoms with Crippen molar-refractivity contribution in [2.75, 3.05) is 50.7 Å². The molecule has 0 bridgehead atoms. The Hall–Kier alpha value is -2.99. The monoisotopic (exact) mass is 415 g/mol. The normalized spacial score (nSPS) is 11.3. The van der Waals surface area contributed by atoms with Crippen molar-refractivity contribution in [3.63, 3.8) is 0 Å². The SMILES string of the molecule is COCCN(CCOC)c1ncnc(Nc2ccccc2C(F)(F)F)c1[N+](=O)[O-]. The van der Waals surface area contributed by atoms with Crippen LogP contribution in [0.3, 0.4) is 0 Å². The van der Waals surface area contributed by atoms with Crippen LogP contribution in [0.1, 0.15) is 5.56 Å². The lowest BCUT2D eigenvalue weighted by Gasteiger charge is -2.23. The fourth-order valence-electron chi connectivity index (χ4n) is 2.55. The Labute approximate surface area is 164 Å². The highest BCUT2D eigenvalue weighted by molar-refractivity contribution is 5.75. The van der Waals surface area contributed by atoms with Crippen LogP contribution in [0, 0.1) is 10.1 Å². The summed E-state index contributed by atoms with van der Waals surface area (Å²) in [6, 6.07) is 4.65. The number of rotatable bonds is 10. The van der Waals surface area contributed by atoms with E-state index < -0.39 is 22.4 Å². The Balaban J connectivity index is 2.49. The van der Waals surface area contributed by atoms with Crippen LogP contribution in [-0.2, 0) is 15.7 Å². The lowest BCUT2D eigenvalue weighted by atomic mass is 10.1. The summed E-state index contributed by atoms with van der Waals surface area (Å²) in [6.07, 6.45) is -3.59. The molecule has 0 fully saturated rings. The smallest absolute Gasteiger partial charge is 0.383 e. The minimum absolute atomic E-state index is 0.0499. The third-order valence-electron chi connectivity index (χ3n) is 3.90. The molecule has 9 nitrogen and oxygen atoms in total. The van der Waals surface area contributed by atoms with Gasteiger partial charge in [0, 0.05) is 27.3 Å². The van der Waals surface area contributed by atoms with Gasteiger partial charge in [0.1, 0.15) is 6.33 Å². The van der Waals surface area contributed by atoms with Crippen LogP contribution in [-0.4, -0.2) is 55.4 Å². The Bertz CT molecular complexity index is 827. The largest absolute Gasteiger partial charge is 0.418 e. The van der Waals surface area contributed by atoms with Crippen molar-refractivity contribution >= 4 is 23.0 Å². The number of aromatic nitrogens is 2. The molecule has 1 heterocycles. The van der Waals surface area contributed by atoms with Crippen LogP contribution in [0.15, 0.2) is 30.6 Å². The van der Waals surface area contributed by atoms with Crippen molar-refractivity contribution in [1.82, 2.24) is 9.97 Å². The van der Waals surface area contributed by atoms with Gasteiger partial charge >= 0.3 is 11.9 Å². The molecule has 0 unspecified atom stereocenters. The van der Waals surface area contributed by atoms with Crippen molar-refractivity contribution in [3.05, 3.63) is 46.3 Å². The number of hydrogen-bond acceptors (Lipinski definition) is 8. The van der Waals surface area contributed by atoms with E-state index in [9.17, 15) is 23.3 Å². The van der Waals surface area contributed by atoms with Crippen LogP contribution in [0.25, 0.3) is 0 Å². The minimum Gasteiger partial charge on any atom is -0.383 e. The van der Waals surface area contributed by atoms with E-state index in [-0.39, 0.29) is 43.6 Å². The van der Waals surface area contributed by atoms with Gasteiger partial charge in [-0.2, -0.15) is 13.2 Å². The molecule has 0 aliphatic carbocycles. The molecule has 0 saturated heterocycles. The maximum Gasteiger partial charge on any atom is 0.418 e. The van der Waals surface area contributed by atoms with Gasteiger partial charge in [-0.05, 0) is 12.1 Å². The average Bonchev–Trinajstić information content (AvgIpc) is 2.67. The van der Waals surface area contributed by atoms with Crippen LogP contribution < -0.4 is 10.2 Å². The maximum absolute atomic E-state index is 13.3. The molecule has 158 valence electrons. The van der Waals surface area contributed by atoms with Gasteiger partial charge in [0.2, 0.25) is 11.6 Å². The van der Waals surface area contributed by atoms with E-state index in [0.29, 0.717) is 0 Å². The van der Waals surface area contributed by atoms with E-state index >= 15 is 0 Å². The molecule has 2 rings (SSSR count). The van der Waals surface area contributed by atoms with E-state index in [0.717, 1.165) is 12.4 Å². The standard InChI is InChI=1S/C17H20F3N5O4/c1-28-9-7-24(8-10-29-2)16-14(25(26)27)15(21-11-22-16)23-13-6-4-3-5-12(13)17(18,19)20/h3-6,11H,7-10H2,1-2H3,(H,21,22,23). The number of alkyl halides is 3. The van der Waals surface area contributed by atoms with Crippen molar-refractivity contribution in [2.24, 2.45) is 0 Å². The molecule has 0 amide bonds. The molecule has 0 aliphatic rings. The quantitative estimate of drug-likeness (QED) is 0.466. The predicted octanol–water partition coefficient (Wildman–Crippen LogP) is 3.25. The molecule has 29 heavy (non-hydrogen) atoms. The molecular formula is C17H20F3N5O4. The Morgan fingerprint density at radius 2 is 1.76 bits per heavy atom. The molecule has 0 spiro atoms. The van der Waals surface area contributed by atoms with E-state index in [4.69, 9.17) is 9.47 Å². The lowest BCUT2D eigenvalue weighted by Crippen LogP contribution is -2.32. The average molecular weight is 415 g/mol. The first kappa shape index (κ1) is 22.3. The van der Waals surface area contributed by atoms with Gasteiger partial charge in [-0.3, -0.25) is 10.1 Å². The maximum atomic E-state index is 13.3. The molecule has 1 aromatic heterocycles. The first-order valence-corrected chi connectivity index (χ1v) is 8.45. The second-order valence-corrected chi connectivity index (χ2v) is 5.79. The van der Waals surface area contributed by atoms with E-state index in [1.165, 1.54) is 32.4 Å². The summed E-state index contributed by atoms with van der Waals surface area (Å²) in [5.74, 6) is -0.400. The van der Waals surface area contributed by atoms with Crippen molar-refractivity contribution < 1.29 is 27.6 Å². The summed E-state index contributed by atoms with van der Waals surface area (Å²) >= 11 is 0. The zero-order chi connectivity index (χ0) is 21.4. The summed E-state index contributed by atoms with van der Waals surface area (Å²) in [7, 11) is 2.95. The third-order valence-corrected chi connectivity index (χ3v) is 3.90. The van der Waals surface area contributed by atoms with Gasteiger partial charge in [-0.25, -0.2) is 9.97 Å². The molecule has 2 aromatic rings. The molecule has 1 N–H and O–H groups in total. The second kappa shape index (κ2) is 9.98. The number of anilines is 3. The summed E-state index contributed by atoms with van der Waals surface area (Å²) in [5, 5.41) is 14.2. The summed E-state index contributed by atoms with van der Waals surface area (Å²) in [6.45, 7) is 1.03. The predicted molar refractivity (Wildman–Crippen MR) is 99.4 cm³/mol. The van der Waals surface area contributed by atoms with E-state index in [2.05, 4.69) is 15.3 Å². The molecular weight excluding hydrogens is 395 g/mol. The van der Waals surface area contributed by atoms with Gasteiger partial charge in [0.15, 0.2) is 0 Å². The van der Waals surface area contributed by atoms with Crippen molar-refractivity contribution in [3.8, 4) is 0 Å². The van der Waals surface area contributed by atoms with Crippen LogP contribution in [0.4, 0.5) is 36.2 Å². The molecule has 0 atom stereocenters. The third kappa shape index (κ3) is 5.74. The van der Waals surface area contributed by atoms with E-state index in [1.807, 2.05) is 0 Å². The van der Waals surface area contributed by atoms with Crippen molar-refractivity contribution in [2.45, 2.75) is 6.18 Å². The van der Waals surface area contributed by atoms with Gasteiger partial charge < -0.3 is 19.7 Å². The fourth-order valence-corrected chi connectivity index (χ4v) is 2.55. The number of methoxy groups -OCH3 is 2. The van der Waals surface area contributed by atoms with Gasteiger partial charge in [0.25, 0.3) is 0 Å². The molecule has 0 radical (unpaired) electrons. The van der Waals surface area contributed by atoms with Crippen LogP contribution in [0.2, 0.25) is 0 Å².